The molecule has 106 valence electrons. The summed E-state index contributed by atoms with van der Waals surface area (Å²) in [7, 11) is 0. The average Bonchev–Trinajstić information content (AvgIpc) is 2.78. The molecule has 4 nitrogen and oxygen atoms in total. The van der Waals surface area contributed by atoms with E-state index in [0.29, 0.717) is 11.7 Å². The molecule has 1 aliphatic carbocycles. The van der Waals surface area contributed by atoms with Crippen LogP contribution in [0.1, 0.15) is 29.5 Å². The Hall–Kier alpha value is -1.59. The van der Waals surface area contributed by atoms with E-state index in [1.54, 1.807) is 11.3 Å². The Labute approximate surface area is 122 Å². The van der Waals surface area contributed by atoms with Crippen LogP contribution in [-0.2, 0) is 18.4 Å². The minimum atomic E-state index is -0.348. The van der Waals surface area contributed by atoms with Gasteiger partial charge in [-0.15, -0.1) is 11.3 Å². The zero-order valence-corrected chi connectivity index (χ0v) is 12.4. The van der Waals surface area contributed by atoms with Gasteiger partial charge in [0.05, 0.1) is 12.3 Å². The van der Waals surface area contributed by atoms with Crippen LogP contribution in [0, 0.1) is 0 Å². The zero-order chi connectivity index (χ0) is 14.2. The molecule has 1 atom stereocenters. The number of hydrogen-bond acceptors (Lipinski definition) is 5. The van der Waals surface area contributed by atoms with Gasteiger partial charge in [0.1, 0.15) is 5.75 Å². The lowest BCUT2D eigenvalue weighted by Gasteiger charge is -2.33. The van der Waals surface area contributed by atoms with E-state index in [2.05, 4.69) is 17.1 Å². The predicted molar refractivity (Wildman–Crippen MR) is 82.0 cm³/mol. The highest BCUT2D eigenvalue weighted by atomic mass is 32.1. The SMILES string of the molecule is CCOc1cccc([C@@]2(N)CCc3nc(N)sc3C2)c1. The van der Waals surface area contributed by atoms with Crippen molar-refractivity contribution in [2.45, 2.75) is 31.7 Å². The van der Waals surface area contributed by atoms with Gasteiger partial charge in [-0.2, -0.15) is 0 Å². The van der Waals surface area contributed by atoms with Crippen molar-refractivity contribution < 1.29 is 4.74 Å². The van der Waals surface area contributed by atoms with Crippen LogP contribution < -0.4 is 16.2 Å². The number of thiazole rings is 1. The maximum absolute atomic E-state index is 6.65. The molecule has 4 N–H and O–H groups in total. The molecule has 0 aliphatic heterocycles. The number of rotatable bonds is 3. The second-order valence-corrected chi connectivity index (χ2v) is 6.33. The highest BCUT2D eigenvalue weighted by Crippen LogP contribution is 2.38. The van der Waals surface area contributed by atoms with E-state index in [1.807, 2.05) is 19.1 Å². The third-order valence-corrected chi connectivity index (χ3v) is 4.73. The van der Waals surface area contributed by atoms with E-state index in [-0.39, 0.29) is 5.54 Å². The molecular weight excluding hydrogens is 270 g/mol. The number of nitrogen functional groups attached to an aromatic ring is 1. The fourth-order valence-electron chi connectivity index (χ4n) is 2.76. The molecule has 0 unspecified atom stereocenters. The van der Waals surface area contributed by atoms with Crippen LogP contribution in [0.3, 0.4) is 0 Å². The zero-order valence-electron chi connectivity index (χ0n) is 11.6. The number of aromatic nitrogens is 1. The molecule has 1 aromatic carbocycles. The summed E-state index contributed by atoms with van der Waals surface area (Å²) in [5.41, 5.74) is 14.3. The maximum Gasteiger partial charge on any atom is 0.180 e. The van der Waals surface area contributed by atoms with Crippen LogP contribution in [0.15, 0.2) is 24.3 Å². The molecule has 3 rings (SSSR count). The third-order valence-electron chi connectivity index (χ3n) is 3.80. The van der Waals surface area contributed by atoms with Gasteiger partial charge in [0, 0.05) is 16.8 Å². The molecule has 1 aromatic heterocycles. The molecule has 0 saturated carbocycles. The third kappa shape index (κ3) is 2.39. The molecule has 0 amide bonds. The summed E-state index contributed by atoms with van der Waals surface area (Å²) >= 11 is 1.56. The molecule has 1 heterocycles. The number of anilines is 1. The highest BCUT2D eigenvalue weighted by molar-refractivity contribution is 7.15. The Kier molecular flexibility index (Phi) is 3.40. The lowest BCUT2D eigenvalue weighted by Crippen LogP contribution is -2.41. The van der Waals surface area contributed by atoms with Crippen molar-refractivity contribution in [1.29, 1.82) is 0 Å². The van der Waals surface area contributed by atoms with Crippen molar-refractivity contribution in [3.05, 3.63) is 40.4 Å². The molecule has 0 radical (unpaired) electrons. The number of nitrogens with two attached hydrogens (primary N) is 2. The van der Waals surface area contributed by atoms with Gasteiger partial charge < -0.3 is 16.2 Å². The number of benzene rings is 1. The van der Waals surface area contributed by atoms with E-state index >= 15 is 0 Å². The minimum Gasteiger partial charge on any atom is -0.494 e. The Balaban J connectivity index is 1.91. The van der Waals surface area contributed by atoms with Crippen molar-refractivity contribution in [3.8, 4) is 5.75 Å². The summed E-state index contributed by atoms with van der Waals surface area (Å²) in [6.07, 6.45) is 2.57. The predicted octanol–water partition coefficient (Wildman–Crippen LogP) is 2.47. The van der Waals surface area contributed by atoms with E-state index in [4.69, 9.17) is 16.2 Å². The Morgan fingerprint density at radius 2 is 2.30 bits per heavy atom. The second-order valence-electron chi connectivity index (χ2n) is 5.22. The molecule has 2 aromatic rings. The monoisotopic (exact) mass is 289 g/mol. The molecule has 1 aliphatic rings. The van der Waals surface area contributed by atoms with Crippen molar-refractivity contribution in [2.24, 2.45) is 5.73 Å². The first-order chi connectivity index (χ1) is 9.60. The molecule has 20 heavy (non-hydrogen) atoms. The number of aryl methyl sites for hydroxylation is 1. The van der Waals surface area contributed by atoms with E-state index in [1.165, 1.54) is 4.88 Å². The van der Waals surface area contributed by atoms with Gasteiger partial charge in [-0.3, -0.25) is 0 Å². The Morgan fingerprint density at radius 1 is 1.45 bits per heavy atom. The van der Waals surface area contributed by atoms with Crippen LogP contribution in [0.2, 0.25) is 0 Å². The van der Waals surface area contributed by atoms with Gasteiger partial charge in [0.25, 0.3) is 0 Å². The number of fused-ring (bicyclic) bond motifs is 1. The van der Waals surface area contributed by atoms with Crippen LogP contribution in [0.4, 0.5) is 5.13 Å². The molecular formula is C15H19N3OS. The maximum atomic E-state index is 6.65. The molecule has 0 saturated heterocycles. The average molecular weight is 289 g/mol. The van der Waals surface area contributed by atoms with Crippen molar-refractivity contribution in [1.82, 2.24) is 4.98 Å². The first-order valence-corrected chi connectivity index (χ1v) is 7.68. The summed E-state index contributed by atoms with van der Waals surface area (Å²) in [4.78, 5) is 5.59. The summed E-state index contributed by atoms with van der Waals surface area (Å²) in [6, 6.07) is 8.11. The first-order valence-electron chi connectivity index (χ1n) is 6.87. The van der Waals surface area contributed by atoms with Gasteiger partial charge in [-0.05, 0) is 37.5 Å². The minimum absolute atomic E-state index is 0.348. The molecule has 5 heteroatoms. The lowest BCUT2D eigenvalue weighted by atomic mass is 9.78. The van der Waals surface area contributed by atoms with Gasteiger partial charge >= 0.3 is 0 Å². The van der Waals surface area contributed by atoms with Crippen LogP contribution >= 0.6 is 11.3 Å². The quantitative estimate of drug-likeness (QED) is 0.910. The first kappa shape index (κ1) is 13.4. The largest absolute Gasteiger partial charge is 0.494 e. The molecule has 0 fully saturated rings. The second kappa shape index (κ2) is 5.07. The van der Waals surface area contributed by atoms with E-state index in [9.17, 15) is 0 Å². The summed E-state index contributed by atoms with van der Waals surface area (Å²) in [5, 5.41) is 0.641. The normalized spacial score (nSPS) is 21.5. The highest BCUT2D eigenvalue weighted by Gasteiger charge is 2.34. The fourth-order valence-corrected chi connectivity index (χ4v) is 3.77. The van der Waals surface area contributed by atoms with E-state index in [0.717, 1.165) is 36.3 Å². The number of nitrogens with zero attached hydrogens (tertiary/aromatic N) is 1. The van der Waals surface area contributed by atoms with Gasteiger partial charge in [0.15, 0.2) is 5.13 Å². The van der Waals surface area contributed by atoms with Gasteiger partial charge in [-0.1, -0.05) is 12.1 Å². The summed E-state index contributed by atoms with van der Waals surface area (Å²) in [6.45, 7) is 2.65. The van der Waals surface area contributed by atoms with Gasteiger partial charge in [0.2, 0.25) is 0 Å². The van der Waals surface area contributed by atoms with Crippen molar-refractivity contribution in [2.75, 3.05) is 12.3 Å². The Bertz CT molecular complexity index is 625. The van der Waals surface area contributed by atoms with E-state index < -0.39 is 0 Å². The standard InChI is InChI=1S/C15H19N3OS/c1-2-19-11-5-3-4-10(8-11)15(17)7-6-12-13(9-15)20-14(16)18-12/h3-5,8H,2,6-7,9,17H2,1H3,(H2,16,18)/t15-/m1/s1. The van der Waals surface area contributed by atoms with Crippen LogP contribution in [0.25, 0.3) is 0 Å². The lowest BCUT2D eigenvalue weighted by molar-refractivity contribution is 0.336. The van der Waals surface area contributed by atoms with Crippen LogP contribution in [-0.4, -0.2) is 11.6 Å². The van der Waals surface area contributed by atoms with Crippen LogP contribution in [0.5, 0.6) is 5.75 Å². The number of hydrogen-bond donors (Lipinski definition) is 2. The smallest absolute Gasteiger partial charge is 0.180 e. The number of ether oxygens (including phenoxy) is 1. The molecule has 0 bridgehead atoms. The fraction of sp³-hybridized carbons (Fsp3) is 0.400. The molecule has 0 spiro atoms. The summed E-state index contributed by atoms with van der Waals surface area (Å²) in [5.74, 6) is 0.879. The topological polar surface area (TPSA) is 74.2 Å². The van der Waals surface area contributed by atoms with Crippen molar-refractivity contribution in [3.63, 3.8) is 0 Å². The Morgan fingerprint density at radius 3 is 3.10 bits per heavy atom. The summed E-state index contributed by atoms with van der Waals surface area (Å²) < 4.78 is 5.57. The van der Waals surface area contributed by atoms with Gasteiger partial charge in [-0.25, -0.2) is 4.98 Å². The van der Waals surface area contributed by atoms with Crippen molar-refractivity contribution >= 4 is 16.5 Å².